The van der Waals surface area contributed by atoms with E-state index in [4.69, 9.17) is 15.2 Å². The average Bonchev–Trinajstić information content (AvgIpc) is 3.16. The molecule has 4 aromatic rings. The summed E-state index contributed by atoms with van der Waals surface area (Å²) in [5.41, 5.74) is 8.59. The summed E-state index contributed by atoms with van der Waals surface area (Å²) in [5.74, 6) is -2.90. The summed E-state index contributed by atoms with van der Waals surface area (Å²) in [4.78, 5) is 45.1. The minimum Gasteiger partial charge on any atom is -0.416 e. The molecule has 2 aromatic carbocycles. The van der Waals surface area contributed by atoms with Crippen molar-refractivity contribution in [2.45, 2.75) is 0 Å². The van der Waals surface area contributed by atoms with E-state index in [1.807, 2.05) is 0 Å². The molecule has 0 radical (unpaired) electrons. The lowest BCUT2D eigenvalue weighted by atomic mass is 9.99. The Morgan fingerprint density at radius 2 is 1.81 bits per heavy atom. The normalized spacial score (nSPS) is 12.8. The van der Waals surface area contributed by atoms with Gasteiger partial charge in [0.25, 0.3) is 5.91 Å². The van der Waals surface area contributed by atoms with Gasteiger partial charge in [-0.3, -0.25) is 14.3 Å². The van der Waals surface area contributed by atoms with Gasteiger partial charge in [-0.15, -0.1) is 0 Å². The molecule has 0 spiro atoms. The fourth-order valence-corrected chi connectivity index (χ4v) is 3.67. The fourth-order valence-electron chi connectivity index (χ4n) is 3.67. The van der Waals surface area contributed by atoms with Crippen LogP contribution in [0.5, 0.6) is 11.8 Å². The van der Waals surface area contributed by atoms with Crippen molar-refractivity contribution >= 4 is 35.0 Å². The molecule has 2 aromatic heterocycles. The molecule has 0 aliphatic carbocycles. The Kier molecular flexibility index (Phi) is 4.30. The van der Waals surface area contributed by atoms with Crippen molar-refractivity contribution in [3.05, 3.63) is 72.4 Å². The molecule has 0 unspecified atom stereocenters. The maximum atomic E-state index is 12.2. The second kappa shape index (κ2) is 7.17. The quantitative estimate of drug-likeness (QED) is 0.302. The van der Waals surface area contributed by atoms with E-state index < -0.39 is 17.8 Å². The number of pyridine rings is 1. The van der Waals surface area contributed by atoms with Crippen LogP contribution in [-0.4, -0.2) is 32.4 Å². The van der Waals surface area contributed by atoms with E-state index in [0.717, 1.165) is 0 Å². The summed E-state index contributed by atoms with van der Waals surface area (Å²) < 4.78 is 11.9. The topological polar surface area (TPSA) is 126 Å². The van der Waals surface area contributed by atoms with Gasteiger partial charge in [-0.2, -0.15) is 4.98 Å². The zero-order valence-electron chi connectivity index (χ0n) is 16.4. The molecule has 1 aliphatic rings. The maximum absolute atomic E-state index is 12.2. The Balaban J connectivity index is 1.90. The zero-order chi connectivity index (χ0) is 22.4. The van der Waals surface area contributed by atoms with Crippen LogP contribution in [0.25, 0.3) is 34.1 Å². The van der Waals surface area contributed by atoms with Gasteiger partial charge in [-0.1, -0.05) is 36.9 Å². The Labute approximate surface area is 180 Å². The van der Waals surface area contributed by atoms with Gasteiger partial charge in [0, 0.05) is 11.8 Å². The number of hydrogen-bond acceptors (Lipinski definition) is 7. The number of carbonyl (C=O) groups is 3. The third-order valence-electron chi connectivity index (χ3n) is 5.01. The number of fused-ring (bicyclic) bond motifs is 1. The predicted molar refractivity (Wildman–Crippen MR) is 114 cm³/mol. The lowest BCUT2D eigenvalue weighted by Crippen LogP contribution is -2.27. The second-order valence-electron chi connectivity index (χ2n) is 6.84. The van der Waals surface area contributed by atoms with Crippen molar-refractivity contribution in [1.82, 2.24) is 14.5 Å². The van der Waals surface area contributed by atoms with Crippen molar-refractivity contribution in [3.63, 3.8) is 0 Å². The van der Waals surface area contributed by atoms with E-state index in [1.165, 1.54) is 12.3 Å². The molecule has 1 amide bonds. The Morgan fingerprint density at radius 3 is 2.59 bits per heavy atom. The van der Waals surface area contributed by atoms with Gasteiger partial charge in [-0.25, -0.2) is 9.59 Å². The second-order valence-corrected chi connectivity index (χ2v) is 6.84. The molecule has 156 valence electrons. The lowest BCUT2D eigenvalue weighted by molar-refractivity contribution is -0.156. The van der Waals surface area contributed by atoms with E-state index in [1.54, 1.807) is 53.1 Å². The van der Waals surface area contributed by atoms with E-state index in [-0.39, 0.29) is 17.3 Å². The number of nitrogens with zero attached hydrogens (tertiary/aromatic N) is 3. The Morgan fingerprint density at radius 1 is 1.03 bits per heavy atom. The summed E-state index contributed by atoms with van der Waals surface area (Å²) in [5, 5.41) is 0. The Hall–Kier alpha value is -4.79. The largest absolute Gasteiger partial charge is 0.425 e. The molecule has 2 bridgehead atoms. The number of imidazole rings is 1. The number of amides is 1. The number of aromatic nitrogens is 3. The molecule has 2 N–H and O–H groups in total. The molecule has 9 heteroatoms. The maximum Gasteiger partial charge on any atom is 0.425 e. The van der Waals surface area contributed by atoms with Gasteiger partial charge in [-0.05, 0) is 29.8 Å². The molecule has 1 aliphatic heterocycles. The van der Waals surface area contributed by atoms with Gasteiger partial charge in [0.05, 0.1) is 22.5 Å². The number of rotatable bonds is 4. The van der Waals surface area contributed by atoms with Gasteiger partial charge < -0.3 is 15.2 Å². The molecule has 0 saturated heterocycles. The van der Waals surface area contributed by atoms with Crippen molar-refractivity contribution in [2.24, 2.45) is 5.73 Å². The fraction of sp³-hybridized carbons (Fsp3) is 0. The average molecular weight is 426 g/mol. The van der Waals surface area contributed by atoms with E-state index in [2.05, 4.69) is 16.5 Å². The van der Waals surface area contributed by atoms with Crippen LogP contribution < -0.4 is 15.2 Å². The van der Waals surface area contributed by atoms with Crippen LogP contribution in [0.1, 0.15) is 15.9 Å². The lowest BCUT2D eigenvalue weighted by Gasteiger charge is -2.17. The first-order chi connectivity index (χ1) is 15.5. The molecule has 9 nitrogen and oxygen atoms in total. The first-order valence-electron chi connectivity index (χ1n) is 9.46. The number of benzene rings is 2. The molecule has 0 atom stereocenters. The summed E-state index contributed by atoms with van der Waals surface area (Å²) >= 11 is 0. The number of hydrogen-bond donors (Lipinski definition) is 1. The van der Waals surface area contributed by atoms with Gasteiger partial charge >= 0.3 is 17.9 Å². The molecule has 0 saturated carbocycles. The first kappa shape index (κ1) is 19.2. The smallest absolute Gasteiger partial charge is 0.416 e. The van der Waals surface area contributed by atoms with Crippen LogP contribution in [-0.2, 0) is 9.59 Å². The molecule has 3 heterocycles. The zero-order valence-corrected chi connectivity index (χ0v) is 16.4. The van der Waals surface area contributed by atoms with Gasteiger partial charge in [0.1, 0.15) is 5.52 Å². The number of carbonyl (C=O) groups excluding carboxylic acids is 3. The van der Waals surface area contributed by atoms with Gasteiger partial charge in [0.2, 0.25) is 0 Å². The van der Waals surface area contributed by atoms with Crippen LogP contribution in [0.15, 0.2) is 61.3 Å². The third kappa shape index (κ3) is 2.83. The van der Waals surface area contributed by atoms with Crippen LogP contribution in [0.3, 0.4) is 0 Å². The predicted octanol–water partition coefficient (Wildman–Crippen LogP) is 2.65. The summed E-state index contributed by atoms with van der Waals surface area (Å²) in [6, 6.07) is 13.3. The molecule has 5 rings (SSSR count). The van der Waals surface area contributed by atoms with Gasteiger partial charge in [0.15, 0.2) is 5.75 Å². The highest BCUT2D eigenvalue weighted by atomic mass is 16.6. The highest BCUT2D eigenvalue weighted by Gasteiger charge is 2.30. The summed E-state index contributed by atoms with van der Waals surface area (Å²) in [6.45, 7) is 3.87. The van der Waals surface area contributed by atoms with Crippen molar-refractivity contribution < 1.29 is 23.9 Å². The Bertz CT molecular complexity index is 1470. The molecule has 0 fully saturated rings. The number of esters is 2. The van der Waals surface area contributed by atoms with Crippen LogP contribution in [0.4, 0.5) is 0 Å². The minimum atomic E-state index is -1.21. The standard InChI is InChI=1S/C23H14N4O5/c1-2-12-6-3-7-13(17-14(20(24)28)8-5-11-25-17)19(12)27-15-9-4-10-16-18(15)26-23(27)32-22(30)21(29)31-16/h2-11H,1H2,(H2,24,28). The number of ether oxygens (including phenoxy) is 2. The van der Waals surface area contributed by atoms with E-state index >= 15 is 0 Å². The number of primary amides is 1. The van der Waals surface area contributed by atoms with E-state index in [0.29, 0.717) is 33.5 Å². The summed E-state index contributed by atoms with van der Waals surface area (Å²) in [6.07, 6.45) is 3.15. The third-order valence-corrected chi connectivity index (χ3v) is 5.01. The molecular formula is C23H14N4O5. The van der Waals surface area contributed by atoms with Crippen molar-refractivity contribution in [1.29, 1.82) is 0 Å². The first-order valence-corrected chi connectivity index (χ1v) is 9.46. The van der Waals surface area contributed by atoms with Crippen LogP contribution in [0.2, 0.25) is 0 Å². The number of para-hydroxylation sites is 2. The van der Waals surface area contributed by atoms with Crippen molar-refractivity contribution in [2.75, 3.05) is 0 Å². The van der Waals surface area contributed by atoms with Crippen LogP contribution in [0, 0.1) is 0 Å². The van der Waals surface area contributed by atoms with E-state index in [9.17, 15) is 14.4 Å². The van der Waals surface area contributed by atoms with Crippen LogP contribution >= 0.6 is 0 Å². The monoisotopic (exact) mass is 426 g/mol. The highest BCUT2D eigenvalue weighted by molar-refractivity contribution is 6.31. The SMILES string of the molecule is C=Cc1cccc(-c2ncccc2C(N)=O)c1-n1c2nc3c(cccc31)OC(=O)C(=O)O2. The highest BCUT2D eigenvalue weighted by Crippen LogP contribution is 2.39. The number of nitrogens with two attached hydrogens (primary N) is 1. The van der Waals surface area contributed by atoms with Crippen molar-refractivity contribution in [3.8, 4) is 28.7 Å². The minimum absolute atomic E-state index is 0.123. The molecular weight excluding hydrogens is 412 g/mol. The summed E-state index contributed by atoms with van der Waals surface area (Å²) in [7, 11) is 0. The molecule has 32 heavy (non-hydrogen) atoms.